The maximum absolute atomic E-state index is 10.8. The van der Waals surface area contributed by atoms with Crippen LogP contribution in [0.2, 0.25) is 0 Å². The Morgan fingerprint density at radius 2 is 1.89 bits per heavy atom. The third kappa shape index (κ3) is 6.17. The summed E-state index contributed by atoms with van der Waals surface area (Å²) in [5.41, 5.74) is 12.6. The Kier molecular flexibility index (Phi) is 9.49. The predicted molar refractivity (Wildman–Crippen MR) is 187 cm³/mol. The number of piperidine rings is 2. The normalized spacial score (nSPS) is 35.6. The lowest BCUT2D eigenvalue weighted by Crippen LogP contribution is -2.68. The van der Waals surface area contributed by atoms with Crippen molar-refractivity contribution < 1.29 is 5.11 Å². The Morgan fingerprint density at radius 3 is 2.80 bits per heavy atom. The van der Waals surface area contributed by atoms with Crippen LogP contribution in [0, 0.1) is 23.2 Å². The van der Waals surface area contributed by atoms with Gasteiger partial charge in [-0.3, -0.25) is 4.90 Å². The molecule has 2 saturated heterocycles. The molecule has 7 unspecified atom stereocenters. The van der Waals surface area contributed by atoms with Gasteiger partial charge in [-0.25, -0.2) is 4.98 Å². The van der Waals surface area contributed by atoms with Gasteiger partial charge in [-0.2, -0.15) is 0 Å². The SMILES string of the molecule is CC1CCCC/C=C\CCC2=CC3CN4CCCCc5nc6c(O)cccc6c(CCN)c5/C=C\CCC5(CN(CCC35)C1)C24. The summed E-state index contributed by atoms with van der Waals surface area (Å²) < 4.78 is 0. The summed E-state index contributed by atoms with van der Waals surface area (Å²) in [6, 6.07) is 6.40. The number of allylic oxidation sites excluding steroid dienone is 3. The van der Waals surface area contributed by atoms with Crippen LogP contribution in [0.1, 0.15) is 94.4 Å². The number of aryl methyl sites for hydroxylation is 1. The third-order valence-electron chi connectivity index (χ3n) is 12.1. The fraction of sp³-hybridized carbons (Fsp3) is 0.625. The van der Waals surface area contributed by atoms with E-state index >= 15 is 0 Å². The molecule has 5 aliphatic heterocycles. The maximum Gasteiger partial charge on any atom is 0.141 e. The fourth-order valence-corrected chi connectivity index (χ4v) is 10.3. The zero-order valence-electron chi connectivity index (χ0n) is 27.7. The number of hydrogen-bond acceptors (Lipinski definition) is 5. The average molecular weight is 609 g/mol. The number of fused-ring (bicyclic) bond motifs is 3. The molecule has 0 saturated carbocycles. The molecule has 2 aromatic rings. The standard InChI is InChI=1S/C40H56N4O/c1-29-13-6-4-2-3-5-7-14-30-25-31-27-44-23-11-9-17-36-33(32(19-22-41)34-16-12-18-37(45)38(34)42-36)15-8-10-21-40(39(30)44)28-43(26-29)24-20-35(31)40/h3,5,8,12,15-16,18,25,29,31,35,39,45H,2,4,6-7,9-11,13-14,17,19-24,26-28,41H2,1H3/b5-3-,15-8-. The molecule has 1 spiro atoms. The van der Waals surface area contributed by atoms with E-state index < -0.39 is 0 Å². The van der Waals surface area contributed by atoms with Crippen molar-refractivity contribution in [3.8, 4) is 5.75 Å². The van der Waals surface area contributed by atoms with Crippen LogP contribution in [-0.4, -0.2) is 65.2 Å². The van der Waals surface area contributed by atoms with Crippen LogP contribution in [0.15, 0.2) is 48.1 Å². The monoisotopic (exact) mass is 608 g/mol. The largest absolute Gasteiger partial charge is 0.506 e. The molecule has 6 bridgehead atoms. The number of rotatable bonds is 2. The second-order valence-corrected chi connectivity index (χ2v) is 15.1. The fourth-order valence-electron chi connectivity index (χ4n) is 10.3. The molecule has 6 aliphatic rings. The number of phenols is 1. The Labute approximate surface area is 271 Å². The number of benzene rings is 1. The number of hydrogen-bond donors (Lipinski definition) is 2. The first-order chi connectivity index (χ1) is 22.1. The summed E-state index contributed by atoms with van der Waals surface area (Å²) in [6.45, 7) is 9.33. The van der Waals surface area contributed by atoms with E-state index in [-0.39, 0.29) is 5.75 Å². The molecule has 5 nitrogen and oxygen atoms in total. The van der Waals surface area contributed by atoms with Gasteiger partial charge in [0.05, 0.1) is 0 Å². The predicted octanol–water partition coefficient (Wildman–Crippen LogP) is 7.67. The van der Waals surface area contributed by atoms with Gasteiger partial charge in [0.15, 0.2) is 0 Å². The summed E-state index contributed by atoms with van der Waals surface area (Å²) >= 11 is 0. The highest BCUT2D eigenvalue weighted by Crippen LogP contribution is 2.57. The van der Waals surface area contributed by atoms with Gasteiger partial charge in [0.25, 0.3) is 0 Å². The number of nitrogens with two attached hydrogens (primary N) is 1. The van der Waals surface area contributed by atoms with Crippen LogP contribution in [0.5, 0.6) is 5.75 Å². The van der Waals surface area contributed by atoms with Gasteiger partial charge in [-0.15, -0.1) is 0 Å². The van der Waals surface area contributed by atoms with Crippen LogP contribution in [0.4, 0.5) is 0 Å². The van der Waals surface area contributed by atoms with Gasteiger partial charge >= 0.3 is 0 Å². The minimum atomic E-state index is 0.276. The molecule has 5 heteroatoms. The summed E-state index contributed by atoms with van der Waals surface area (Å²) in [6.07, 6.45) is 28.1. The molecule has 6 heterocycles. The van der Waals surface area contributed by atoms with E-state index in [1.54, 1.807) is 11.6 Å². The molecule has 3 N–H and O–H groups in total. The van der Waals surface area contributed by atoms with Crippen LogP contribution >= 0.6 is 0 Å². The molecule has 2 fully saturated rings. The number of para-hydroxylation sites is 1. The van der Waals surface area contributed by atoms with Crippen molar-refractivity contribution in [2.24, 2.45) is 28.9 Å². The van der Waals surface area contributed by atoms with E-state index in [1.165, 1.54) is 102 Å². The van der Waals surface area contributed by atoms with Crippen molar-refractivity contribution in [3.63, 3.8) is 0 Å². The smallest absolute Gasteiger partial charge is 0.141 e. The van der Waals surface area contributed by atoms with E-state index in [1.807, 2.05) is 6.07 Å². The summed E-state index contributed by atoms with van der Waals surface area (Å²) in [4.78, 5) is 11.0. The number of aromatic nitrogens is 1. The van der Waals surface area contributed by atoms with Crippen molar-refractivity contribution in [2.45, 2.75) is 96.4 Å². The van der Waals surface area contributed by atoms with Crippen molar-refractivity contribution >= 4 is 17.0 Å². The number of phenolic OH excluding ortho intramolecular Hbond substituents is 1. The molecule has 242 valence electrons. The van der Waals surface area contributed by atoms with Crippen molar-refractivity contribution in [1.29, 1.82) is 0 Å². The highest BCUT2D eigenvalue weighted by molar-refractivity contribution is 5.90. The van der Waals surface area contributed by atoms with Gasteiger partial charge in [-0.1, -0.05) is 61.4 Å². The molecule has 45 heavy (non-hydrogen) atoms. The van der Waals surface area contributed by atoms with Crippen LogP contribution in [0.3, 0.4) is 0 Å². The molecular formula is C40H56N4O. The maximum atomic E-state index is 10.8. The van der Waals surface area contributed by atoms with Crippen molar-refractivity contribution in [3.05, 3.63) is 64.9 Å². The first-order valence-corrected chi connectivity index (χ1v) is 18.4. The van der Waals surface area contributed by atoms with Crippen LogP contribution in [-0.2, 0) is 12.8 Å². The quantitative estimate of drug-likeness (QED) is 0.343. The Balaban J connectivity index is 1.27. The second kappa shape index (κ2) is 13.7. The summed E-state index contributed by atoms with van der Waals surface area (Å²) in [5.74, 6) is 2.54. The van der Waals surface area contributed by atoms with Crippen LogP contribution in [0.25, 0.3) is 17.0 Å². The van der Waals surface area contributed by atoms with Crippen molar-refractivity contribution in [1.82, 2.24) is 14.8 Å². The Hall–Kier alpha value is -2.47. The highest BCUT2D eigenvalue weighted by Gasteiger charge is 2.58. The molecule has 0 amide bonds. The van der Waals surface area contributed by atoms with Gasteiger partial charge in [0.2, 0.25) is 0 Å². The van der Waals surface area contributed by atoms with Gasteiger partial charge in [0.1, 0.15) is 11.3 Å². The van der Waals surface area contributed by atoms with Crippen LogP contribution < -0.4 is 5.73 Å². The minimum absolute atomic E-state index is 0.276. The Morgan fingerprint density at radius 1 is 0.978 bits per heavy atom. The minimum Gasteiger partial charge on any atom is -0.506 e. The first-order valence-electron chi connectivity index (χ1n) is 18.4. The first kappa shape index (κ1) is 31.1. The Bertz CT molecular complexity index is 1440. The van der Waals surface area contributed by atoms with Crippen molar-refractivity contribution in [2.75, 3.05) is 39.3 Å². The number of pyridine rings is 1. The molecule has 8 rings (SSSR count). The average Bonchev–Trinajstić information content (AvgIpc) is 3.04. The van der Waals surface area contributed by atoms with Gasteiger partial charge < -0.3 is 15.7 Å². The zero-order chi connectivity index (χ0) is 30.8. The third-order valence-corrected chi connectivity index (χ3v) is 12.1. The molecule has 1 aromatic heterocycles. The second-order valence-electron chi connectivity index (χ2n) is 15.1. The van der Waals surface area contributed by atoms with Gasteiger partial charge in [0, 0.05) is 42.2 Å². The lowest BCUT2D eigenvalue weighted by atomic mass is 9.52. The topological polar surface area (TPSA) is 65.6 Å². The molecule has 0 radical (unpaired) electrons. The van der Waals surface area contributed by atoms with Gasteiger partial charge in [-0.05, 0) is 132 Å². The number of nitrogens with zero attached hydrogens (tertiary/aromatic N) is 3. The van der Waals surface area contributed by atoms with E-state index in [4.69, 9.17) is 10.7 Å². The number of aromatic hydroxyl groups is 1. The summed E-state index contributed by atoms with van der Waals surface area (Å²) in [7, 11) is 0. The zero-order valence-corrected chi connectivity index (χ0v) is 27.7. The summed E-state index contributed by atoms with van der Waals surface area (Å²) in [5, 5.41) is 11.8. The van der Waals surface area contributed by atoms with E-state index in [0.717, 1.165) is 54.1 Å². The highest BCUT2D eigenvalue weighted by atomic mass is 16.3. The lowest BCUT2D eigenvalue weighted by Gasteiger charge is -2.64. The molecule has 7 atom stereocenters. The molecular weight excluding hydrogens is 552 g/mol. The lowest BCUT2D eigenvalue weighted by molar-refractivity contribution is -0.111. The van der Waals surface area contributed by atoms with E-state index in [2.05, 4.69) is 53.2 Å². The molecule has 1 aliphatic carbocycles. The van der Waals surface area contributed by atoms with E-state index in [9.17, 15) is 5.11 Å². The van der Waals surface area contributed by atoms with E-state index in [0.29, 0.717) is 23.9 Å². The molecule has 1 aromatic carbocycles.